The van der Waals surface area contributed by atoms with Crippen molar-refractivity contribution in [3.63, 3.8) is 0 Å². The lowest BCUT2D eigenvalue weighted by Crippen LogP contribution is -2.34. The third-order valence-corrected chi connectivity index (χ3v) is 6.20. The predicted molar refractivity (Wildman–Crippen MR) is 145 cm³/mol. The van der Waals surface area contributed by atoms with Crippen molar-refractivity contribution in [2.24, 2.45) is 4.99 Å². The molecule has 35 heavy (non-hydrogen) atoms. The molecular formula is C28H24N4O2S. The fourth-order valence-electron chi connectivity index (χ4n) is 4.08. The molecule has 1 saturated heterocycles. The number of carbonyl (C=O) groups excluding carboxylic acids is 1. The summed E-state index contributed by atoms with van der Waals surface area (Å²) in [6.07, 6.45) is 5.38. The molecule has 1 unspecified atom stereocenters. The summed E-state index contributed by atoms with van der Waals surface area (Å²) in [6, 6.07) is 25.2. The van der Waals surface area contributed by atoms with Crippen molar-refractivity contribution in [3.8, 4) is 5.75 Å². The van der Waals surface area contributed by atoms with Crippen molar-refractivity contribution < 1.29 is 9.53 Å². The minimum atomic E-state index is -0.264. The molecule has 6 nitrogen and oxygen atoms in total. The number of dihydropyridines is 1. The molecule has 5 rings (SSSR count). The summed E-state index contributed by atoms with van der Waals surface area (Å²) < 4.78 is 5.17. The largest absolute Gasteiger partial charge is 0.497 e. The Morgan fingerprint density at radius 2 is 1.71 bits per heavy atom. The Bertz CT molecular complexity index is 1350. The van der Waals surface area contributed by atoms with Gasteiger partial charge in [0.15, 0.2) is 5.11 Å². The summed E-state index contributed by atoms with van der Waals surface area (Å²) in [7, 11) is 1.60. The standard InChI is InChI=1S/C28H24N4O2S/c1-19-8-13-23(14-9-19)31-25-17-12-21(18-26(33)29-20-10-15-24(34-2)16-11-20)30-27(25)32(28(31)35)22-6-4-3-5-7-22/h3-18,25H,1-2H3,(H,29,33)/b21-18-. The lowest BCUT2D eigenvalue weighted by Gasteiger charge is -2.23. The van der Waals surface area contributed by atoms with Gasteiger partial charge in [-0.3, -0.25) is 9.69 Å². The van der Waals surface area contributed by atoms with Crippen molar-refractivity contribution in [1.82, 2.24) is 0 Å². The van der Waals surface area contributed by atoms with Crippen LogP contribution in [-0.4, -0.2) is 30.0 Å². The summed E-state index contributed by atoms with van der Waals surface area (Å²) in [5, 5.41) is 3.50. The number of benzene rings is 3. The number of nitrogens with one attached hydrogen (secondary N) is 1. The number of aliphatic imine (C=N–C) groups is 1. The van der Waals surface area contributed by atoms with Gasteiger partial charge < -0.3 is 15.0 Å². The zero-order valence-electron chi connectivity index (χ0n) is 19.4. The molecule has 2 heterocycles. The van der Waals surface area contributed by atoms with Crippen LogP contribution in [0.25, 0.3) is 0 Å². The number of anilines is 3. The molecule has 3 aromatic rings. The van der Waals surface area contributed by atoms with E-state index in [9.17, 15) is 4.79 Å². The highest BCUT2D eigenvalue weighted by Gasteiger charge is 2.42. The number of para-hydroxylation sites is 1. The summed E-state index contributed by atoms with van der Waals surface area (Å²) in [4.78, 5) is 21.6. The average molecular weight is 481 g/mol. The van der Waals surface area contributed by atoms with E-state index in [-0.39, 0.29) is 11.9 Å². The molecule has 0 aromatic heterocycles. The van der Waals surface area contributed by atoms with Crippen LogP contribution in [0.4, 0.5) is 17.1 Å². The van der Waals surface area contributed by atoms with E-state index in [1.165, 1.54) is 11.6 Å². The van der Waals surface area contributed by atoms with Gasteiger partial charge in [0.25, 0.3) is 5.91 Å². The first kappa shape index (κ1) is 22.6. The Morgan fingerprint density at radius 3 is 2.40 bits per heavy atom. The smallest absolute Gasteiger partial charge is 0.250 e. The van der Waals surface area contributed by atoms with E-state index in [2.05, 4.69) is 41.4 Å². The van der Waals surface area contributed by atoms with Crippen molar-refractivity contribution in [2.75, 3.05) is 22.2 Å². The molecule has 0 aliphatic carbocycles. The number of fused-ring (bicyclic) bond motifs is 1. The number of ether oxygens (including phenoxy) is 1. The quantitative estimate of drug-likeness (QED) is 0.387. The number of nitrogens with zero attached hydrogens (tertiary/aromatic N) is 3. The number of amides is 1. The predicted octanol–water partition coefficient (Wildman–Crippen LogP) is 5.47. The van der Waals surface area contributed by atoms with E-state index in [0.29, 0.717) is 16.5 Å². The van der Waals surface area contributed by atoms with Crippen LogP contribution in [0.2, 0.25) is 0 Å². The highest BCUT2D eigenvalue weighted by molar-refractivity contribution is 7.81. The SMILES string of the molecule is COc1ccc(NC(=O)/C=C2/C=CC3C(=N2)N(c2ccccc2)C(=S)N3c2ccc(C)cc2)cc1. The van der Waals surface area contributed by atoms with E-state index in [1.807, 2.05) is 47.4 Å². The van der Waals surface area contributed by atoms with E-state index in [1.54, 1.807) is 31.4 Å². The minimum absolute atomic E-state index is 0.174. The van der Waals surface area contributed by atoms with Crippen molar-refractivity contribution in [3.05, 3.63) is 108 Å². The second kappa shape index (κ2) is 9.56. The Labute approximate surface area is 209 Å². The number of aryl methyl sites for hydroxylation is 1. The van der Waals surface area contributed by atoms with Crippen molar-refractivity contribution in [1.29, 1.82) is 0 Å². The molecule has 1 N–H and O–H groups in total. The van der Waals surface area contributed by atoms with E-state index >= 15 is 0 Å². The molecule has 174 valence electrons. The van der Waals surface area contributed by atoms with Crippen molar-refractivity contribution >= 4 is 46.1 Å². The Hall–Kier alpha value is -4.23. The normalized spacial score (nSPS) is 17.9. The van der Waals surface area contributed by atoms with Gasteiger partial charge in [-0.05, 0) is 73.7 Å². The molecule has 2 aliphatic heterocycles. The van der Waals surface area contributed by atoms with Gasteiger partial charge in [0.1, 0.15) is 17.6 Å². The summed E-state index contributed by atoms with van der Waals surface area (Å²) >= 11 is 5.94. The number of allylic oxidation sites excluding steroid dienone is 1. The van der Waals surface area contributed by atoms with Crippen LogP contribution in [0.3, 0.4) is 0 Å². The first-order valence-electron chi connectivity index (χ1n) is 11.2. The topological polar surface area (TPSA) is 57.2 Å². The second-order valence-corrected chi connectivity index (χ2v) is 8.59. The van der Waals surface area contributed by atoms with E-state index in [4.69, 9.17) is 21.9 Å². The summed E-state index contributed by atoms with van der Waals surface area (Å²) in [6.45, 7) is 2.06. The van der Waals surface area contributed by atoms with Crippen LogP contribution in [0.1, 0.15) is 5.56 Å². The number of rotatable bonds is 5. The zero-order chi connectivity index (χ0) is 24.4. The van der Waals surface area contributed by atoms with Gasteiger partial charge in [-0.1, -0.05) is 42.0 Å². The first-order valence-corrected chi connectivity index (χ1v) is 11.6. The van der Waals surface area contributed by atoms with Crippen LogP contribution < -0.4 is 19.9 Å². The maximum atomic E-state index is 12.7. The molecule has 3 aromatic carbocycles. The molecule has 0 bridgehead atoms. The number of thiocarbonyl (C=S) groups is 1. The average Bonchev–Trinajstić information content (AvgIpc) is 3.16. The fraction of sp³-hybridized carbons (Fsp3) is 0.107. The summed E-state index contributed by atoms with van der Waals surface area (Å²) in [5.41, 5.74) is 4.33. The van der Waals surface area contributed by atoms with Gasteiger partial charge in [0.2, 0.25) is 0 Å². The highest BCUT2D eigenvalue weighted by atomic mass is 32.1. The van der Waals surface area contributed by atoms with E-state index < -0.39 is 0 Å². The molecule has 0 saturated carbocycles. The molecule has 7 heteroatoms. The minimum Gasteiger partial charge on any atom is -0.497 e. The highest BCUT2D eigenvalue weighted by Crippen LogP contribution is 2.34. The van der Waals surface area contributed by atoms with Gasteiger partial charge in [-0.25, -0.2) is 4.99 Å². The third kappa shape index (κ3) is 4.58. The van der Waals surface area contributed by atoms with Gasteiger partial charge >= 0.3 is 0 Å². The number of hydrogen-bond acceptors (Lipinski definition) is 4. The number of amidine groups is 1. The van der Waals surface area contributed by atoms with Crippen LogP contribution in [0, 0.1) is 6.92 Å². The van der Waals surface area contributed by atoms with Crippen LogP contribution in [0.5, 0.6) is 5.75 Å². The van der Waals surface area contributed by atoms with Gasteiger partial charge in [-0.2, -0.15) is 0 Å². The van der Waals surface area contributed by atoms with Gasteiger partial charge in [-0.15, -0.1) is 0 Å². The maximum Gasteiger partial charge on any atom is 0.250 e. The second-order valence-electron chi connectivity index (χ2n) is 8.22. The molecule has 0 spiro atoms. The molecule has 1 fully saturated rings. The lowest BCUT2D eigenvalue weighted by atomic mass is 10.1. The molecule has 2 aliphatic rings. The van der Waals surface area contributed by atoms with Crippen LogP contribution in [-0.2, 0) is 4.79 Å². The third-order valence-electron chi connectivity index (χ3n) is 5.83. The van der Waals surface area contributed by atoms with Gasteiger partial charge in [0.05, 0.1) is 12.8 Å². The number of methoxy groups -OCH3 is 1. The monoisotopic (exact) mass is 480 g/mol. The van der Waals surface area contributed by atoms with Crippen molar-refractivity contribution in [2.45, 2.75) is 13.0 Å². The first-order chi connectivity index (χ1) is 17.0. The van der Waals surface area contributed by atoms with Crippen LogP contribution in [0.15, 0.2) is 108 Å². The Kier molecular flexibility index (Phi) is 6.16. The number of hydrogen-bond donors (Lipinski definition) is 1. The summed E-state index contributed by atoms with van der Waals surface area (Å²) in [5.74, 6) is 1.22. The van der Waals surface area contributed by atoms with Crippen LogP contribution >= 0.6 is 12.2 Å². The maximum absolute atomic E-state index is 12.7. The zero-order valence-corrected chi connectivity index (χ0v) is 20.2. The Balaban J connectivity index is 1.47. The number of carbonyl (C=O) groups is 1. The van der Waals surface area contributed by atoms with Gasteiger partial charge in [0, 0.05) is 23.1 Å². The Morgan fingerprint density at radius 1 is 1.00 bits per heavy atom. The molecule has 1 atom stereocenters. The van der Waals surface area contributed by atoms with E-state index in [0.717, 1.165) is 23.0 Å². The molecule has 1 amide bonds. The molecule has 0 radical (unpaired) electrons. The fourth-order valence-corrected chi connectivity index (χ4v) is 4.50. The lowest BCUT2D eigenvalue weighted by molar-refractivity contribution is -0.111. The molecular weight excluding hydrogens is 456 g/mol.